The molecule has 1 amide bonds. The number of carbonyl (C=O) groups is 2. The molecule has 6 rings (SSSR count). The number of nitrogens with one attached hydrogen (secondary N) is 1. The lowest BCUT2D eigenvalue weighted by molar-refractivity contribution is 0.0224. The molecule has 0 bridgehead atoms. The Morgan fingerprint density at radius 1 is 0.842 bits per heavy atom. The van der Waals surface area contributed by atoms with Crippen LogP contribution in [0.25, 0.3) is 0 Å². The van der Waals surface area contributed by atoms with Gasteiger partial charge in [0.25, 0.3) is 0 Å². The fraction of sp³-hybridized carbons (Fsp3) is 0.161. The molecule has 1 unspecified atom stereocenters. The summed E-state index contributed by atoms with van der Waals surface area (Å²) in [5.41, 5.74) is 3.04. The van der Waals surface area contributed by atoms with Gasteiger partial charge in [-0.2, -0.15) is 0 Å². The highest BCUT2D eigenvalue weighted by atomic mass is 16.6. The molecule has 190 valence electrons. The van der Waals surface area contributed by atoms with Crippen molar-refractivity contribution in [2.45, 2.75) is 19.4 Å². The quantitative estimate of drug-likeness (QED) is 0.303. The minimum atomic E-state index is -1.17. The number of fused-ring (bicyclic) bond motifs is 6. The van der Waals surface area contributed by atoms with Gasteiger partial charge in [0.1, 0.15) is 17.2 Å². The van der Waals surface area contributed by atoms with Crippen LogP contribution in [0, 0.1) is 0 Å². The Morgan fingerprint density at radius 2 is 1.53 bits per heavy atom. The largest absolute Gasteiger partial charge is 0.456 e. The molecule has 0 saturated carbocycles. The summed E-state index contributed by atoms with van der Waals surface area (Å²) in [4.78, 5) is 27.8. The normalized spacial score (nSPS) is 16.5. The van der Waals surface area contributed by atoms with E-state index in [0.717, 1.165) is 29.9 Å². The predicted octanol–water partition coefficient (Wildman–Crippen LogP) is 6.71. The molecule has 0 aliphatic carbocycles. The topological polar surface area (TPSA) is 77.1 Å². The van der Waals surface area contributed by atoms with Crippen LogP contribution in [0.1, 0.15) is 40.9 Å². The highest BCUT2D eigenvalue weighted by molar-refractivity contribution is 5.97. The number of esters is 1. The van der Waals surface area contributed by atoms with Gasteiger partial charge in [0.2, 0.25) is 0 Å². The van der Waals surface area contributed by atoms with Crippen LogP contribution in [0.4, 0.5) is 16.2 Å². The van der Waals surface area contributed by atoms with Crippen molar-refractivity contribution in [3.05, 3.63) is 113 Å². The van der Waals surface area contributed by atoms with E-state index >= 15 is 0 Å². The van der Waals surface area contributed by atoms with Gasteiger partial charge in [-0.3, -0.25) is 5.32 Å². The second-order valence-electron chi connectivity index (χ2n) is 9.11. The van der Waals surface area contributed by atoms with Crippen molar-refractivity contribution in [3.8, 4) is 17.2 Å². The summed E-state index contributed by atoms with van der Waals surface area (Å²) in [5, 5.41) is 2.76. The van der Waals surface area contributed by atoms with Crippen molar-refractivity contribution >= 4 is 23.4 Å². The van der Waals surface area contributed by atoms with Gasteiger partial charge >= 0.3 is 12.1 Å². The van der Waals surface area contributed by atoms with Crippen LogP contribution in [0.2, 0.25) is 0 Å². The van der Waals surface area contributed by atoms with Crippen molar-refractivity contribution < 1.29 is 23.8 Å². The van der Waals surface area contributed by atoms with Crippen molar-refractivity contribution in [1.82, 2.24) is 0 Å². The maximum atomic E-state index is 13.1. The molecule has 0 radical (unpaired) electrons. The Morgan fingerprint density at radius 3 is 2.29 bits per heavy atom. The molecule has 0 aromatic heterocycles. The second kappa shape index (κ2) is 9.27. The fourth-order valence-corrected chi connectivity index (χ4v) is 5.27. The minimum absolute atomic E-state index is 0.388. The minimum Gasteiger partial charge on any atom is -0.456 e. The van der Waals surface area contributed by atoms with Crippen molar-refractivity contribution in [2.24, 2.45) is 0 Å². The fourth-order valence-electron chi connectivity index (χ4n) is 5.27. The van der Waals surface area contributed by atoms with E-state index in [4.69, 9.17) is 14.2 Å². The molecule has 0 fully saturated rings. The summed E-state index contributed by atoms with van der Waals surface area (Å²) in [6, 6.07) is 27.6. The molecule has 2 aliphatic rings. The monoisotopic (exact) mass is 506 g/mol. The molecule has 0 saturated heterocycles. The maximum absolute atomic E-state index is 13.1. The molecule has 4 aromatic carbocycles. The number of para-hydroxylation sites is 1. The number of hydrogen-bond acceptors (Lipinski definition) is 6. The van der Waals surface area contributed by atoms with Crippen molar-refractivity contribution in [1.29, 1.82) is 0 Å². The predicted molar refractivity (Wildman–Crippen MR) is 144 cm³/mol. The first-order valence-corrected chi connectivity index (χ1v) is 12.6. The van der Waals surface area contributed by atoms with Gasteiger partial charge in [-0.25, -0.2) is 9.59 Å². The van der Waals surface area contributed by atoms with Crippen molar-refractivity contribution in [3.63, 3.8) is 0 Å². The zero-order valence-corrected chi connectivity index (χ0v) is 21.1. The van der Waals surface area contributed by atoms with E-state index in [9.17, 15) is 9.59 Å². The lowest BCUT2D eigenvalue weighted by Crippen LogP contribution is -2.33. The van der Waals surface area contributed by atoms with E-state index < -0.39 is 11.7 Å². The van der Waals surface area contributed by atoms with E-state index in [-0.39, 0.29) is 5.97 Å². The van der Waals surface area contributed by atoms with Crippen LogP contribution in [0.5, 0.6) is 17.2 Å². The van der Waals surface area contributed by atoms with E-state index in [1.54, 1.807) is 42.5 Å². The summed E-state index contributed by atoms with van der Waals surface area (Å²) >= 11 is 0. The lowest BCUT2D eigenvalue weighted by atomic mass is 9.77. The first-order chi connectivity index (χ1) is 18.5. The Labute approximate surface area is 220 Å². The Bertz CT molecular complexity index is 1550. The lowest BCUT2D eigenvalue weighted by Gasteiger charge is -2.37. The van der Waals surface area contributed by atoms with Gasteiger partial charge in [0.05, 0.1) is 5.56 Å². The van der Waals surface area contributed by atoms with Crippen LogP contribution in [-0.4, -0.2) is 25.2 Å². The van der Waals surface area contributed by atoms with Gasteiger partial charge in [-0.15, -0.1) is 0 Å². The molecule has 4 aromatic rings. The smallest absolute Gasteiger partial charge is 0.417 e. The first-order valence-electron chi connectivity index (χ1n) is 12.6. The molecule has 1 spiro atoms. The number of hydrogen-bond donors (Lipinski definition) is 1. The number of nitrogens with zero attached hydrogens (tertiary/aromatic N) is 1. The van der Waals surface area contributed by atoms with Gasteiger partial charge in [0, 0.05) is 53.3 Å². The zero-order valence-electron chi connectivity index (χ0n) is 21.1. The third-order valence-corrected chi connectivity index (χ3v) is 7.03. The van der Waals surface area contributed by atoms with E-state index in [1.807, 2.05) is 48.5 Å². The van der Waals surface area contributed by atoms with Crippen molar-refractivity contribution in [2.75, 3.05) is 23.3 Å². The maximum Gasteiger partial charge on any atom is 0.417 e. The average molecular weight is 507 g/mol. The highest BCUT2D eigenvalue weighted by Crippen LogP contribution is 2.56. The standard InChI is InChI=1S/C31H26N2O5/c1-3-33(4-2)21-15-17-26-28(19-21)37-27-18-20(32-30(35)36-22-10-6-5-7-11-22)14-16-25(27)31(26)24-13-9-8-12-23(24)29(34)38-31/h5-19H,3-4H2,1-2H3,(H,32,35). The Balaban J connectivity index is 1.44. The molecule has 38 heavy (non-hydrogen) atoms. The first kappa shape index (κ1) is 23.6. The van der Waals surface area contributed by atoms with E-state index in [2.05, 4.69) is 24.1 Å². The molecule has 7 nitrogen and oxygen atoms in total. The highest BCUT2D eigenvalue weighted by Gasteiger charge is 2.53. The van der Waals surface area contributed by atoms with Gasteiger partial charge in [-0.05, 0) is 56.3 Å². The number of rotatable bonds is 5. The average Bonchev–Trinajstić information content (AvgIpc) is 3.22. The number of carbonyl (C=O) groups excluding carboxylic acids is 2. The van der Waals surface area contributed by atoms with Gasteiger partial charge < -0.3 is 19.1 Å². The van der Waals surface area contributed by atoms with E-state index in [0.29, 0.717) is 34.1 Å². The van der Waals surface area contributed by atoms with E-state index in [1.165, 1.54) is 0 Å². The summed E-state index contributed by atoms with van der Waals surface area (Å²) in [6.45, 7) is 5.88. The number of amides is 1. The molecule has 1 N–H and O–H groups in total. The Kier molecular flexibility index (Phi) is 5.76. The van der Waals surface area contributed by atoms with Gasteiger partial charge in [-0.1, -0.05) is 36.4 Å². The van der Waals surface area contributed by atoms with Crippen LogP contribution < -0.4 is 19.7 Å². The SMILES string of the molecule is CCN(CC)c1ccc2c(c1)Oc1cc(NC(=O)Oc3ccccc3)ccc1C21OC(=O)c2ccccc21. The molecule has 2 heterocycles. The summed E-state index contributed by atoms with van der Waals surface area (Å²) in [6.07, 6.45) is -0.622. The van der Waals surface area contributed by atoms with Crippen LogP contribution in [0.15, 0.2) is 91.0 Å². The van der Waals surface area contributed by atoms with Crippen LogP contribution in [-0.2, 0) is 10.3 Å². The summed E-state index contributed by atoms with van der Waals surface area (Å²) in [5.74, 6) is 1.12. The number of anilines is 2. The van der Waals surface area contributed by atoms with Crippen LogP contribution >= 0.6 is 0 Å². The summed E-state index contributed by atoms with van der Waals surface area (Å²) < 4.78 is 18.0. The zero-order chi connectivity index (χ0) is 26.3. The molecular formula is C31H26N2O5. The molecule has 2 aliphatic heterocycles. The number of ether oxygens (including phenoxy) is 3. The molecular weight excluding hydrogens is 480 g/mol. The molecule has 7 heteroatoms. The van der Waals surface area contributed by atoms with Crippen LogP contribution in [0.3, 0.4) is 0 Å². The van der Waals surface area contributed by atoms with Gasteiger partial charge in [0.15, 0.2) is 5.60 Å². The second-order valence-corrected chi connectivity index (χ2v) is 9.11. The Hall–Kier alpha value is -4.78. The molecule has 1 atom stereocenters. The third-order valence-electron chi connectivity index (χ3n) is 7.03. The third kappa shape index (κ3) is 3.75. The summed E-state index contributed by atoms with van der Waals surface area (Å²) in [7, 11) is 0. The number of benzene rings is 4.